The molecule has 0 radical (unpaired) electrons. The Kier molecular flexibility index (Phi) is 8.29. The van der Waals surface area contributed by atoms with E-state index >= 15 is 0 Å². The van der Waals surface area contributed by atoms with Gasteiger partial charge in [-0.3, -0.25) is 14.5 Å². The van der Waals surface area contributed by atoms with Crippen LogP contribution < -0.4 is 15.4 Å². The van der Waals surface area contributed by atoms with Crippen LogP contribution >= 0.6 is 11.6 Å². The van der Waals surface area contributed by atoms with Crippen LogP contribution in [0.4, 0.5) is 11.4 Å². The lowest BCUT2D eigenvalue weighted by molar-refractivity contribution is -0.120. The van der Waals surface area contributed by atoms with Gasteiger partial charge in [-0.05, 0) is 49.7 Å². The van der Waals surface area contributed by atoms with Gasteiger partial charge in [-0.15, -0.1) is 0 Å². The summed E-state index contributed by atoms with van der Waals surface area (Å²) < 4.78 is 5.25. The van der Waals surface area contributed by atoms with Crippen molar-refractivity contribution >= 4 is 34.8 Å². The molecule has 0 aliphatic heterocycles. The number of hydrogen-bond donors (Lipinski definition) is 2. The third kappa shape index (κ3) is 6.55. The van der Waals surface area contributed by atoms with Gasteiger partial charge in [-0.25, -0.2) is 0 Å². The lowest BCUT2D eigenvalue weighted by Crippen LogP contribution is -2.39. The highest BCUT2D eigenvalue weighted by molar-refractivity contribution is 6.31. The first kappa shape index (κ1) is 21.7. The lowest BCUT2D eigenvalue weighted by Gasteiger charge is -2.21. The fourth-order valence-electron chi connectivity index (χ4n) is 2.79. The first-order valence-corrected chi connectivity index (χ1v) is 9.52. The third-order valence-electron chi connectivity index (χ3n) is 4.13. The minimum atomic E-state index is -0.204. The van der Waals surface area contributed by atoms with Gasteiger partial charge in [0, 0.05) is 10.7 Å². The standard InChI is InChI=1S/C21H26ClN3O3/c1-4-11-25(13-20(26)23-17-7-5-6-8-19(17)28-3)14-21(27)24-18-12-16(22)10-9-15(18)2/h5-10,12H,4,11,13-14H2,1-3H3,(H,23,26)(H,24,27). The highest BCUT2D eigenvalue weighted by Gasteiger charge is 2.16. The molecule has 0 aromatic heterocycles. The van der Waals surface area contributed by atoms with E-state index in [4.69, 9.17) is 16.3 Å². The molecular weight excluding hydrogens is 378 g/mol. The molecule has 0 fully saturated rings. The number of carbonyl (C=O) groups excluding carboxylic acids is 2. The van der Waals surface area contributed by atoms with E-state index in [1.807, 2.05) is 32.0 Å². The van der Waals surface area contributed by atoms with Gasteiger partial charge in [0.25, 0.3) is 0 Å². The molecule has 2 aromatic rings. The molecular formula is C21H26ClN3O3. The van der Waals surface area contributed by atoms with Crippen molar-refractivity contribution in [2.75, 3.05) is 37.4 Å². The molecule has 2 amide bonds. The molecule has 0 aliphatic carbocycles. The van der Waals surface area contributed by atoms with Gasteiger partial charge in [-0.1, -0.05) is 36.7 Å². The first-order valence-electron chi connectivity index (χ1n) is 9.14. The zero-order valence-corrected chi connectivity index (χ0v) is 17.2. The Balaban J connectivity index is 1.97. The van der Waals surface area contributed by atoms with Crippen molar-refractivity contribution in [1.82, 2.24) is 4.90 Å². The minimum Gasteiger partial charge on any atom is -0.495 e. The molecule has 0 saturated carbocycles. The van der Waals surface area contributed by atoms with Crippen LogP contribution in [0.2, 0.25) is 5.02 Å². The lowest BCUT2D eigenvalue weighted by atomic mass is 10.2. The van der Waals surface area contributed by atoms with Gasteiger partial charge >= 0.3 is 0 Å². The number of carbonyl (C=O) groups is 2. The summed E-state index contributed by atoms with van der Waals surface area (Å²) in [5.41, 5.74) is 2.20. The average Bonchev–Trinajstić information content (AvgIpc) is 2.65. The van der Waals surface area contributed by atoms with Crippen LogP contribution in [0.5, 0.6) is 5.75 Å². The van der Waals surface area contributed by atoms with E-state index in [2.05, 4.69) is 10.6 Å². The molecule has 0 spiro atoms. The summed E-state index contributed by atoms with van der Waals surface area (Å²) in [6.45, 7) is 4.74. The second-order valence-electron chi connectivity index (χ2n) is 6.47. The van der Waals surface area contributed by atoms with E-state index in [0.717, 1.165) is 12.0 Å². The summed E-state index contributed by atoms with van der Waals surface area (Å²) in [6.07, 6.45) is 0.825. The molecule has 2 rings (SSSR count). The van der Waals surface area contributed by atoms with Gasteiger partial charge in [0.15, 0.2) is 0 Å². The summed E-state index contributed by atoms with van der Waals surface area (Å²) in [7, 11) is 1.55. The maximum absolute atomic E-state index is 12.5. The van der Waals surface area contributed by atoms with Gasteiger partial charge in [-0.2, -0.15) is 0 Å². The van der Waals surface area contributed by atoms with Crippen LogP contribution in [0.3, 0.4) is 0 Å². The van der Waals surface area contributed by atoms with E-state index in [-0.39, 0.29) is 24.9 Å². The van der Waals surface area contributed by atoms with E-state index < -0.39 is 0 Å². The molecule has 0 saturated heterocycles. The van der Waals surface area contributed by atoms with Gasteiger partial charge in [0.1, 0.15) is 5.75 Å². The average molecular weight is 404 g/mol. The molecule has 150 valence electrons. The summed E-state index contributed by atoms with van der Waals surface area (Å²) in [6, 6.07) is 12.5. The Hall–Kier alpha value is -2.57. The summed E-state index contributed by atoms with van der Waals surface area (Å²) in [5, 5.41) is 6.26. The topological polar surface area (TPSA) is 70.7 Å². The van der Waals surface area contributed by atoms with E-state index in [1.54, 1.807) is 36.3 Å². The largest absolute Gasteiger partial charge is 0.495 e. The van der Waals surface area contributed by atoms with Crippen LogP contribution in [0, 0.1) is 6.92 Å². The number of nitrogens with one attached hydrogen (secondary N) is 2. The summed E-state index contributed by atoms with van der Waals surface area (Å²) in [4.78, 5) is 26.7. The number of benzene rings is 2. The van der Waals surface area contributed by atoms with Gasteiger partial charge in [0.05, 0.1) is 25.9 Å². The van der Waals surface area contributed by atoms with Crippen LogP contribution in [0.1, 0.15) is 18.9 Å². The molecule has 0 unspecified atom stereocenters. The van der Waals surface area contributed by atoms with Crippen LogP contribution in [-0.2, 0) is 9.59 Å². The van der Waals surface area contributed by atoms with E-state index in [1.165, 1.54) is 0 Å². The predicted octanol–water partition coefficient (Wildman–Crippen LogP) is 3.95. The molecule has 0 heterocycles. The number of nitrogens with zero attached hydrogens (tertiary/aromatic N) is 1. The Morgan fingerprint density at radius 2 is 1.68 bits per heavy atom. The number of rotatable bonds is 9. The van der Waals surface area contributed by atoms with Crippen LogP contribution in [0.15, 0.2) is 42.5 Å². The Morgan fingerprint density at radius 1 is 1.04 bits per heavy atom. The first-order chi connectivity index (χ1) is 13.4. The van der Waals surface area contributed by atoms with Gasteiger partial charge < -0.3 is 15.4 Å². The third-order valence-corrected chi connectivity index (χ3v) is 4.36. The Bertz CT molecular complexity index is 826. The number of halogens is 1. The van der Waals surface area contributed by atoms with Gasteiger partial charge in [0.2, 0.25) is 11.8 Å². The molecule has 6 nitrogen and oxygen atoms in total. The molecule has 0 aliphatic rings. The van der Waals surface area contributed by atoms with Crippen molar-refractivity contribution in [3.63, 3.8) is 0 Å². The van der Waals surface area contributed by atoms with Crippen LogP contribution in [0.25, 0.3) is 0 Å². The van der Waals surface area contributed by atoms with Crippen molar-refractivity contribution in [3.8, 4) is 5.75 Å². The second-order valence-corrected chi connectivity index (χ2v) is 6.90. The Morgan fingerprint density at radius 3 is 2.32 bits per heavy atom. The van der Waals surface area contributed by atoms with Crippen molar-refractivity contribution in [2.45, 2.75) is 20.3 Å². The molecule has 2 aromatic carbocycles. The van der Waals surface area contributed by atoms with Crippen molar-refractivity contribution in [1.29, 1.82) is 0 Å². The molecule has 2 N–H and O–H groups in total. The number of methoxy groups -OCH3 is 1. The maximum atomic E-state index is 12.5. The zero-order valence-electron chi connectivity index (χ0n) is 16.4. The zero-order chi connectivity index (χ0) is 20.5. The van der Waals surface area contributed by atoms with Crippen molar-refractivity contribution in [3.05, 3.63) is 53.1 Å². The summed E-state index contributed by atoms with van der Waals surface area (Å²) in [5.74, 6) is 0.195. The highest BCUT2D eigenvalue weighted by atomic mass is 35.5. The second kappa shape index (κ2) is 10.7. The molecule has 28 heavy (non-hydrogen) atoms. The predicted molar refractivity (Wildman–Crippen MR) is 113 cm³/mol. The van der Waals surface area contributed by atoms with E-state index in [9.17, 15) is 9.59 Å². The maximum Gasteiger partial charge on any atom is 0.238 e. The number of amides is 2. The molecule has 0 bridgehead atoms. The number of ether oxygens (including phenoxy) is 1. The summed E-state index contributed by atoms with van der Waals surface area (Å²) >= 11 is 6.00. The molecule has 7 heteroatoms. The normalized spacial score (nSPS) is 10.6. The van der Waals surface area contributed by atoms with Crippen molar-refractivity contribution in [2.24, 2.45) is 0 Å². The highest BCUT2D eigenvalue weighted by Crippen LogP contribution is 2.23. The Labute approximate surface area is 170 Å². The van der Waals surface area contributed by atoms with Crippen LogP contribution in [-0.4, -0.2) is 43.5 Å². The number of anilines is 2. The quantitative estimate of drug-likeness (QED) is 0.665. The van der Waals surface area contributed by atoms with Crippen molar-refractivity contribution < 1.29 is 14.3 Å². The number of aryl methyl sites for hydroxylation is 1. The smallest absolute Gasteiger partial charge is 0.238 e. The number of hydrogen-bond acceptors (Lipinski definition) is 4. The fourth-order valence-corrected chi connectivity index (χ4v) is 2.96. The molecule has 0 atom stereocenters. The van der Waals surface area contributed by atoms with E-state index in [0.29, 0.717) is 28.7 Å². The monoisotopic (exact) mass is 403 g/mol. The minimum absolute atomic E-state index is 0.105. The SMILES string of the molecule is CCCN(CC(=O)Nc1cc(Cl)ccc1C)CC(=O)Nc1ccccc1OC. The fraction of sp³-hybridized carbons (Fsp3) is 0.333. The number of para-hydroxylation sites is 2.